The van der Waals surface area contributed by atoms with Gasteiger partial charge in [-0.15, -0.1) is 0 Å². The monoisotopic (exact) mass is 344 g/mol. The minimum Gasteiger partial charge on any atom is -0.385 e. The van der Waals surface area contributed by atoms with E-state index in [9.17, 15) is 5.11 Å². The Morgan fingerprint density at radius 2 is 1.70 bits per heavy atom. The molecule has 0 saturated heterocycles. The Kier molecular flexibility index (Phi) is 4.66. The van der Waals surface area contributed by atoms with Crippen LogP contribution in [0.3, 0.4) is 0 Å². The molecule has 2 aliphatic carbocycles. The van der Waals surface area contributed by atoms with Crippen molar-refractivity contribution < 1.29 is 26.8 Å². The van der Waals surface area contributed by atoms with Crippen LogP contribution in [-0.4, -0.2) is 10.7 Å². The molecule has 122 valence electrons. The summed E-state index contributed by atoms with van der Waals surface area (Å²) in [5, 5.41) is 11.0. The summed E-state index contributed by atoms with van der Waals surface area (Å²) in [6.07, 6.45) is 5.89. The van der Waals surface area contributed by atoms with E-state index in [4.69, 9.17) is 0 Å². The number of allylic oxidation sites excluding steroid dienone is 2. The molecule has 1 unspecified atom stereocenters. The third-order valence-corrected chi connectivity index (χ3v) is 5.35. The van der Waals surface area contributed by atoms with Gasteiger partial charge in [-0.2, -0.15) is 0 Å². The Labute approximate surface area is 155 Å². The van der Waals surface area contributed by atoms with Crippen molar-refractivity contribution in [3.8, 4) is 0 Å². The van der Waals surface area contributed by atoms with E-state index in [1.54, 1.807) is 0 Å². The fourth-order valence-corrected chi connectivity index (χ4v) is 3.47. The zero-order chi connectivity index (χ0) is 16.3. The first-order valence-corrected chi connectivity index (χ1v) is 8.29. The Morgan fingerprint density at radius 3 is 2.26 bits per heavy atom. The van der Waals surface area contributed by atoms with E-state index in [1.807, 2.05) is 6.08 Å². The van der Waals surface area contributed by atoms with Gasteiger partial charge in [0.05, 0.1) is 5.60 Å². The second-order valence-electron chi connectivity index (χ2n) is 9.00. The van der Waals surface area contributed by atoms with Crippen LogP contribution < -0.4 is 0 Å². The molecule has 0 bridgehead atoms. The van der Waals surface area contributed by atoms with Crippen LogP contribution in [0.2, 0.25) is 0 Å². The van der Waals surface area contributed by atoms with E-state index in [0.29, 0.717) is 0 Å². The molecule has 0 spiro atoms. The molecule has 0 saturated carbocycles. The molecule has 1 aromatic rings. The van der Waals surface area contributed by atoms with Gasteiger partial charge in [-0.3, -0.25) is 0 Å². The van der Waals surface area contributed by atoms with Crippen molar-refractivity contribution in [2.75, 3.05) is 0 Å². The van der Waals surface area contributed by atoms with Crippen LogP contribution >= 0.6 is 0 Å². The van der Waals surface area contributed by atoms with Crippen molar-refractivity contribution in [3.05, 3.63) is 52.6 Å². The molecule has 2 aliphatic rings. The fourth-order valence-electron chi connectivity index (χ4n) is 3.47. The van der Waals surface area contributed by atoms with Gasteiger partial charge in [0, 0.05) is 28.1 Å². The van der Waals surface area contributed by atoms with Crippen LogP contribution in [0.5, 0.6) is 0 Å². The zero-order valence-corrected chi connectivity index (χ0v) is 16.8. The number of rotatable bonds is 0. The molecule has 0 heterocycles. The minimum atomic E-state index is -0.735. The molecular formula is C21H28OTi. The van der Waals surface area contributed by atoms with Gasteiger partial charge in [0.1, 0.15) is 0 Å². The zero-order valence-electron chi connectivity index (χ0n) is 15.2. The van der Waals surface area contributed by atoms with E-state index >= 15 is 0 Å². The molecule has 1 N–H and O–H groups in total. The smallest absolute Gasteiger partial charge is 0.0916 e. The van der Waals surface area contributed by atoms with Gasteiger partial charge >= 0.3 is 0 Å². The number of fused-ring (bicyclic) bond motifs is 2. The van der Waals surface area contributed by atoms with Gasteiger partial charge in [0.15, 0.2) is 0 Å². The van der Waals surface area contributed by atoms with Crippen LogP contribution in [-0.2, 0) is 33.6 Å². The minimum absolute atomic E-state index is 0. The first kappa shape index (κ1) is 18.7. The summed E-state index contributed by atoms with van der Waals surface area (Å²) in [5.74, 6) is 0. The summed E-state index contributed by atoms with van der Waals surface area (Å²) < 4.78 is 0. The van der Waals surface area contributed by atoms with E-state index in [2.05, 4.69) is 65.8 Å². The predicted molar refractivity (Wildman–Crippen MR) is 93.9 cm³/mol. The van der Waals surface area contributed by atoms with Crippen LogP contribution in [0, 0.1) is 5.41 Å². The predicted octanol–water partition coefficient (Wildman–Crippen LogP) is 5.03. The van der Waals surface area contributed by atoms with Crippen molar-refractivity contribution in [2.45, 2.75) is 65.4 Å². The summed E-state index contributed by atoms with van der Waals surface area (Å²) in [7, 11) is 0. The first-order chi connectivity index (χ1) is 10.0. The summed E-state index contributed by atoms with van der Waals surface area (Å²) >= 11 is 0. The molecule has 1 nitrogen and oxygen atoms in total. The third-order valence-electron chi connectivity index (χ3n) is 5.35. The molecule has 0 aliphatic heterocycles. The number of hydrogen-bond acceptors (Lipinski definition) is 1. The molecule has 1 atom stereocenters. The van der Waals surface area contributed by atoms with Crippen molar-refractivity contribution in [1.29, 1.82) is 0 Å². The molecule has 0 amide bonds. The Bertz CT molecular complexity index is 683. The van der Waals surface area contributed by atoms with Gasteiger partial charge in [-0.1, -0.05) is 77.5 Å². The van der Waals surface area contributed by atoms with Crippen LogP contribution in [0.1, 0.15) is 64.7 Å². The van der Waals surface area contributed by atoms with E-state index in [0.717, 1.165) is 12.8 Å². The topological polar surface area (TPSA) is 20.2 Å². The Balaban J connectivity index is 0.00000192. The summed E-state index contributed by atoms with van der Waals surface area (Å²) in [6.45, 7) is 13.1. The number of benzene rings is 1. The molecule has 23 heavy (non-hydrogen) atoms. The quantitative estimate of drug-likeness (QED) is 0.655. The molecule has 1 aromatic carbocycles. The van der Waals surface area contributed by atoms with Crippen LogP contribution in [0.15, 0.2) is 35.9 Å². The van der Waals surface area contributed by atoms with Crippen molar-refractivity contribution in [1.82, 2.24) is 0 Å². The van der Waals surface area contributed by atoms with Gasteiger partial charge in [0.2, 0.25) is 0 Å². The van der Waals surface area contributed by atoms with E-state index in [1.165, 1.54) is 27.8 Å². The molecular weight excluding hydrogens is 316 g/mol. The molecule has 3 rings (SSSR count). The van der Waals surface area contributed by atoms with Crippen molar-refractivity contribution in [2.24, 2.45) is 5.41 Å². The summed E-state index contributed by atoms with van der Waals surface area (Å²) in [5.41, 5.74) is 6.19. The largest absolute Gasteiger partial charge is 0.385 e. The summed E-state index contributed by atoms with van der Waals surface area (Å²) in [6, 6.07) is 6.88. The standard InChI is InChI=1S/C21H28O.Ti/c1-19(2,3)16-7-8-17-14(12-16)11-15-13-21(22,20(4,5)6)10-9-18(15)17;/h7-10,12,22H,11,13H2,1-6H3;. The molecule has 0 aromatic heterocycles. The Morgan fingerprint density at radius 1 is 1.04 bits per heavy atom. The molecule has 2 heteroatoms. The maximum atomic E-state index is 11.0. The third kappa shape index (κ3) is 3.16. The van der Waals surface area contributed by atoms with E-state index in [-0.39, 0.29) is 32.5 Å². The second kappa shape index (κ2) is 5.72. The Hall–Kier alpha value is -0.626. The van der Waals surface area contributed by atoms with Gasteiger partial charge in [-0.05, 0) is 39.5 Å². The fraction of sp³-hybridized carbons (Fsp3) is 0.524. The second-order valence-corrected chi connectivity index (χ2v) is 9.00. The summed E-state index contributed by atoms with van der Waals surface area (Å²) in [4.78, 5) is 0. The average Bonchev–Trinajstić information content (AvgIpc) is 2.72. The van der Waals surface area contributed by atoms with Gasteiger partial charge in [-0.25, -0.2) is 0 Å². The van der Waals surface area contributed by atoms with Crippen molar-refractivity contribution >= 4 is 5.57 Å². The number of hydrogen-bond donors (Lipinski definition) is 1. The number of aliphatic hydroxyl groups is 1. The van der Waals surface area contributed by atoms with Crippen LogP contribution in [0.4, 0.5) is 0 Å². The molecule has 0 radical (unpaired) electrons. The van der Waals surface area contributed by atoms with Crippen LogP contribution in [0.25, 0.3) is 5.57 Å². The molecule has 0 fully saturated rings. The normalized spacial score (nSPS) is 23.4. The van der Waals surface area contributed by atoms with Gasteiger partial charge < -0.3 is 5.11 Å². The first-order valence-electron chi connectivity index (χ1n) is 8.29. The van der Waals surface area contributed by atoms with Crippen molar-refractivity contribution in [3.63, 3.8) is 0 Å². The average molecular weight is 344 g/mol. The maximum absolute atomic E-state index is 11.0. The SMILES string of the molecule is CC(C)(C)c1ccc2c(c1)CC1=C2C=CC(O)(C(C)(C)C)C1.[Ti]. The van der Waals surface area contributed by atoms with E-state index < -0.39 is 5.60 Å². The maximum Gasteiger partial charge on any atom is 0.0916 e. The van der Waals surface area contributed by atoms with Gasteiger partial charge in [0.25, 0.3) is 0 Å².